The molecule has 1 fully saturated rings. The monoisotopic (exact) mass is 343 g/mol. The van der Waals surface area contributed by atoms with Gasteiger partial charge in [-0.3, -0.25) is 10.1 Å². The van der Waals surface area contributed by atoms with Crippen molar-refractivity contribution in [2.45, 2.75) is 26.2 Å². The fraction of sp³-hybridized carbons (Fsp3) is 0.412. The number of benzene rings is 1. The summed E-state index contributed by atoms with van der Waals surface area (Å²) in [6.45, 7) is 3.37. The Morgan fingerprint density at radius 2 is 1.92 bits per heavy atom. The average Bonchev–Trinajstić information content (AvgIpc) is 2.62. The molecule has 1 aromatic heterocycles. The zero-order valence-corrected chi connectivity index (χ0v) is 14.4. The third-order valence-electron chi connectivity index (χ3n) is 4.23. The number of ether oxygens (including phenoxy) is 1. The molecular weight excluding hydrogens is 322 g/mol. The molecule has 0 aliphatic carbocycles. The Balaban J connectivity index is 2.02. The van der Waals surface area contributed by atoms with E-state index in [1.807, 2.05) is 12.1 Å². The number of piperidine rings is 1. The van der Waals surface area contributed by atoms with Gasteiger partial charge in [-0.2, -0.15) is 4.98 Å². The van der Waals surface area contributed by atoms with Crippen molar-refractivity contribution in [3.05, 3.63) is 40.1 Å². The van der Waals surface area contributed by atoms with E-state index in [0.29, 0.717) is 23.1 Å². The van der Waals surface area contributed by atoms with Gasteiger partial charge in [-0.05, 0) is 38.3 Å². The topological polar surface area (TPSA) is 93.4 Å². The lowest BCUT2D eigenvalue weighted by Crippen LogP contribution is -2.31. The Morgan fingerprint density at radius 3 is 2.60 bits per heavy atom. The first kappa shape index (κ1) is 16.9. The van der Waals surface area contributed by atoms with Gasteiger partial charge in [-0.25, -0.2) is 4.98 Å². The minimum atomic E-state index is -0.451. The second-order valence-corrected chi connectivity index (χ2v) is 5.94. The number of aromatic nitrogens is 2. The molecule has 8 heteroatoms. The molecule has 3 rings (SSSR count). The molecular formula is C17H21N5O3. The van der Waals surface area contributed by atoms with Gasteiger partial charge in [0.25, 0.3) is 0 Å². The summed E-state index contributed by atoms with van der Waals surface area (Å²) in [5, 5.41) is 14.6. The van der Waals surface area contributed by atoms with E-state index in [4.69, 9.17) is 4.74 Å². The van der Waals surface area contributed by atoms with E-state index in [1.54, 1.807) is 26.2 Å². The van der Waals surface area contributed by atoms with E-state index in [2.05, 4.69) is 20.2 Å². The molecule has 0 radical (unpaired) electrons. The Kier molecular flexibility index (Phi) is 4.97. The van der Waals surface area contributed by atoms with Gasteiger partial charge in [-0.15, -0.1) is 0 Å². The zero-order chi connectivity index (χ0) is 17.8. The van der Waals surface area contributed by atoms with Crippen molar-refractivity contribution < 1.29 is 9.66 Å². The van der Waals surface area contributed by atoms with Gasteiger partial charge < -0.3 is 15.0 Å². The molecule has 25 heavy (non-hydrogen) atoms. The van der Waals surface area contributed by atoms with Crippen LogP contribution in [0.25, 0.3) is 0 Å². The van der Waals surface area contributed by atoms with Gasteiger partial charge in [0.05, 0.1) is 17.7 Å². The molecule has 2 heterocycles. The second kappa shape index (κ2) is 7.33. The molecule has 1 aliphatic heterocycles. The zero-order valence-electron chi connectivity index (χ0n) is 14.4. The minimum absolute atomic E-state index is 0.119. The van der Waals surface area contributed by atoms with E-state index in [1.165, 1.54) is 6.42 Å². The number of rotatable bonds is 5. The predicted octanol–water partition coefficient (Wildman–Crippen LogP) is 3.44. The Bertz CT molecular complexity index is 775. The first-order valence-corrected chi connectivity index (χ1v) is 8.28. The molecule has 2 aromatic rings. The summed E-state index contributed by atoms with van der Waals surface area (Å²) >= 11 is 0. The third-order valence-corrected chi connectivity index (χ3v) is 4.23. The summed E-state index contributed by atoms with van der Waals surface area (Å²) in [5.74, 6) is 1.30. The number of hydrogen-bond acceptors (Lipinski definition) is 7. The molecule has 1 aliphatic rings. The van der Waals surface area contributed by atoms with Gasteiger partial charge in [-0.1, -0.05) is 12.1 Å². The molecule has 1 N–H and O–H groups in total. The maximum absolute atomic E-state index is 11.5. The SMILES string of the molecule is COc1ccccc1Nc1nc(N2CCCCC2)nc(C)c1[N+](=O)[O-]. The van der Waals surface area contributed by atoms with E-state index >= 15 is 0 Å². The van der Waals surface area contributed by atoms with Crippen LogP contribution in [-0.4, -0.2) is 35.1 Å². The minimum Gasteiger partial charge on any atom is -0.495 e. The van der Waals surface area contributed by atoms with E-state index in [0.717, 1.165) is 25.9 Å². The van der Waals surface area contributed by atoms with Crippen molar-refractivity contribution in [2.75, 3.05) is 30.4 Å². The highest BCUT2D eigenvalue weighted by atomic mass is 16.6. The number of nitrogens with zero attached hydrogens (tertiary/aromatic N) is 4. The first-order valence-electron chi connectivity index (χ1n) is 8.28. The lowest BCUT2D eigenvalue weighted by atomic mass is 10.1. The molecule has 1 saturated heterocycles. The fourth-order valence-electron chi connectivity index (χ4n) is 2.97. The quantitative estimate of drug-likeness (QED) is 0.656. The van der Waals surface area contributed by atoms with Gasteiger partial charge in [0.2, 0.25) is 11.8 Å². The fourth-order valence-corrected chi connectivity index (χ4v) is 2.97. The first-order chi connectivity index (χ1) is 12.1. The molecule has 0 spiro atoms. The highest BCUT2D eigenvalue weighted by molar-refractivity contribution is 5.71. The smallest absolute Gasteiger partial charge is 0.332 e. The summed E-state index contributed by atoms with van der Waals surface area (Å²) in [6, 6.07) is 7.24. The van der Waals surface area contributed by atoms with E-state index < -0.39 is 4.92 Å². The number of aryl methyl sites for hydroxylation is 1. The number of anilines is 3. The summed E-state index contributed by atoms with van der Waals surface area (Å²) in [4.78, 5) is 22.0. The number of nitro groups is 1. The molecule has 132 valence electrons. The number of methoxy groups -OCH3 is 1. The number of hydrogen-bond donors (Lipinski definition) is 1. The highest BCUT2D eigenvalue weighted by Crippen LogP contribution is 2.33. The second-order valence-electron chi connectivity index (χ2n) is 5.94. The summed E-state index contributed by atoms with van der Waals surface area (Å²) in [5.41, 5.74) is 0.848. The molecule has 8 nitrogen and oxygen atoms in total. The predicted molar refractivity (Wildman–Crippen MR) is 95.8 cm³/mol. The van der Waals surface area contributed by atoms with Crippen LogP contribution in [0, 0.1) is 17.0 Å². The van der Waals surface area contributed by atoms with Crippen LogP contribution in [0.3, 0.4) is 0 Å². The summed E-state index contributed by atoms with van der Waals surface area (Å²) in [7, 11) is 1.55. The van der Waals surface area contributed by atoms with Crippen molar-refractivity contribution in [3.8, 4) is 5.75 Å². The highest BCUT2D eigenvalue weighted by Gasteiger charge is 2.25. The van der Waals surface area contributed by atoms with Crippen LogP contribution < -0.4 is 15.0 Å². The Hall–Kier alpha value is -2.90. The lowest BCUT2D eigenvalue weighted by molar-refractivity contribution is -0.385. The van der Waals surface area contributed by atoms with Crippen molar-refractivity contribution >= 4 is 23.1 Å². The number of para-hydroxylation sites is 2. The van der Waals surface area contributed by atoms with Crippen LogP contribution >= 0.6 is 0 Å². The molecule has 0 unspecified atom stereocenters. The van der Waals surface area contributed by atoms with Crippen molar-refractivity contribution in [3.63, 3.8) is 0 Å². The van der Waals surface area contributed by atoms with Crippen molar-refractivity contribution in [1.29, 1.82) is 0 Å². The van der Waals surface area contributed by atoms with Gasteiger partial charge in [0.15, 0.2) is 0 Å². The Morgan fingerprint density at radius 1 is 1.20 bits per heavy atom. The molecule has 0 amide bonds. The van der Waals surface area contributed by atoms with Crippen LogP contribution in [0.5, 0.6) is 5.75 Å². The van der Waals surface area contributed by atoms with Gasteiger partial charge >= 0.3 is 5.69 Å². The van der Waals surface area contributed by atoms with Crippen molar-refractivity contribution in [1.82, 2.24) is 9.97 Å². The average molecular weight is 343 g/mol. The third kappa shape index (κ3) is 3.62. The van der Waals surface area contributed by atoms with E-state index in [-0.39, 0.29) is 11.5 Å². The normalized spacial score (nSPS) is 14.2. The Labute approximate surface area is 146 Å². The van der Waals surface area contributed by atoms with Crippen LogP contribution in [0.1, 0.15) is 25.0 Å². The largest absolute Gasteiger partial charge is 0.495 e. The maximum atomic E-state index is 11.5. The lowest BCUT2D eigenvalue weighted by Gasteiger charge is -2.27. The van der Waals surface area contributed by atoms with Crippen LogP contribution in [-0.2, 0) is 0 Å². The number of nitrogens with one attached hydrogen (secondary N) is 1. The standard InChI is InChI=1S/C17H21N5O3/c1-12-15(22(23)24)16(19-13-8-4-5-9-14(13)25-2)20-17(18-12)21-10-6-3-7-11-21/h4-5,8-9H,3,6-7,10-11H2,1-2H3,(H,18,19,20). The van der Waals surface area contributed by atoms with E-state index in [9.17, 15) is 10.1 Å². The maximum Gasteiger partial charge on any atom is 0.332 e. The summed E-state index contributed by atoms with van der Waals surface area (Å²) < 4.78 is 5.31. The van der Waals surface area contributed by atoms with Crippen LogP contribution in [0.4, 0.5) is 23.1 Å². The van der Waals surface area contributed by atoms with Crippen LogP contribution in [0.15, 0.2) is 24.3 Å². The summed E-state index contributed by atoms with van der Waals surface area (Å²) in [6.07, 6.45) is 3.35. The van der Waals surface area contributed by atoms with Crippen molar-refractivity contribution in [2.24, 2.45) is 0 Å². The van der Waals surface area contributed by atoms with Gasteiger partial charge in [0, 0.05) is 13.1 Å². The molecule has 0 atom stereocenters. The van der Waals surface area contributed by atoms with Gasteiger partial charge in [0.1, 0.15) is 11.4 Å². The molecule has 1 aromatic carbocycles. The molecule has 0 saturated carbocycles. The van der Waals surface area contributed by atoms with Crippen LogP contribution in [0.2, 0.25) is 0 Å². The molecule has 0 bridgehead atoms.